The van der Waals surface area contributed by atoms with Gasteiger partial charge in [-0.25, -0.2) is 0 Å². The predicted octanol–water partition coefficient (Wildman–Crippen LogP) is 2.87. The third-order valence-corrected chi connectivity index (χ3v) is 5.61. The van der Waals surface area contributed by atoms with Crippen LogP contribution in [0.1, 0.15) is 52.9 Å². The number of piperidine rings is 1. The van der Waals surface area contributed by atoms with Gasteiger partial charge in [-0.05, 0) is 43.6 Å². The fraction of sp³-hybridized carbons (Fsp3) is 1.00. The summed E-state index contributed by atoms with van der Waals surface area (Å²) in [7, 11) is 0. The van der Waals surface area contributed by atoms with Crippen LogP contribution >= 0.6 is 0 Å². The highest BCUT2D eigenvalue weighted by atomic mass is 15.2. The van der Waals surface area contributed by atoms with Crippen molar-refractivity contribution in [3.8, 4) is 0 Å². The summed E-state index contributed by atoms with van der Waals surface area (Å²) in [5, 5.41) is 0. The third-order valence-electron chi connectivity index (χ3n) is 5.61. The first-order valence-electron chi connectivity index (χ1n) is 7.55. The van der Waals surface area contributed by atoms with Gasteiger partial charge < -0.3 is 5.73 Å². The van der Waals surface area contributed by atoms with Crippen molar-refractivity contribution in [1.82, 2.24) is 4.90 Å². The van der Waals surface area contributed by atoms with Gasteiger partial charge in [-0.1, -0.05) is 33.6 Å². The van der Waals surface area contributed by atoms with Crippen molar-refractivity contribution in [2.45, 2.75) is 58.4 Å². The Morgan fingerprint density at radius 3 is 2.59 bits per heavy atom. The standard InChI is InChI=1S/C15H30N2/c1-12-6-5-9-17(10-12)15(11-16)8-4-7-13(2)14(15)3/h12-14H,4-11,16H2,1-3H3. The van der Waals surface area contributed by atoms with Gasteiger partial charge in [0.2, 0.25) is 0 Å². The van der Waals surface area contributed by atoms with Gasteiger partial charge in [-0.2, -0.15) is 0 Å². The van der Waals surface area contributed by atoms with Gasteiger partial charge in [-0.3, -0.25) is 4.90 Å². The second-order valence-electron chi connectivity index (χ2n) is 6.66. The monoisotopic (exact) mass is 238 g/mol. The average Bonchev–Trinajstić information content (AvgIpc) is 2.33. The Morgan fingerprint density at radius 1 is 1.18 bits per heavy atom. The molecular formula is C15H30N2. The molecule has 1 saturated carbocycles. The molecule has 0 spiro atoms. The third kappa shape index (κ3) is 2.39. The lowest BCUT2D eigenvalue weighted by molar-refractivity contribution is -0.0322. The van der Waals surface area contributed by atoms with Crippen LogP contribution in [0, 0.1) is 17.8 Å². The maximum absolute atomic E-state index is 6.23. The zero-order valence-electron chi connectivity index (χ0n) is 11.9. The Hall–Kier alpha value is -0.0800. The Morgan fingerprint density at radius 2 is 1.94 bits per heavy atom. The maximum atomic E-state index is 6.23. The number of rotatable bonds is 2. The molecule has 17 heavy (non-hydrogen) atoms. The van der Waals surface area contributed by atoms with Crippen LogP contribution in [-0.2, 0) is 0 Å². The summed E-state index contributed by atoms with van der Waals surface area (Å²) in [4.78, 5) is 2.75. The summed E-state index contributed by atoms with van der Waals surface area (Å²) in [5.74, 6) is 2.45. The van der Waals surface area contributed by atoms with Crippen molar-refractivity contribution in [1.29, 1.82) is 0 Å². The summed E-state index contributed by atoms with van der Waals surface area (Å²) in [5.41, 5.74) is 6.54. The van der Waals surface area contributed by atoms with E-state index in [0.717, 1.165) is 24.3 Å². The predicted molar refractivity (Wildman–Crippen MR) is 73.9 cm³/mol. The summed E-state index contributed by atoms with van der Waals surface area (Å²) < 4.78 is 0. The first-order valence-corrected chi connectivity index (χ1v) is 7.55. The van der Waals surface area contributed by atoms with Crippen LogP contribution in [0.5, 0.6) is 0 Å². The van der Waals surface area contributed by atoms with Crippen LogP contribution in [0.25, 0.3) is 0 Å². The van der Waals surface area contributed by atoms with E-state index in [1.54, 1.807) is 0 Å². The second kappa shape index (κ2) is 5.27. The van der Waals surface area contributed by atoms with Crippen LogP contribution in [-0.4, -0.2) is 30.1 Å². The minimum atomic E-state index is 0.312. The topological polar surface area (TPSA) is 29.3 Å². The Kier molecular flexibility index (Phi) is 4.14. The first-order chi connectivity index (χ1) is 8.10. The average molecular weight is 238 g/mol. The van der Waals surface area contributed by atoms with E-state index in [9.17, 15) is 0 Å². The van der Waals surface area contributed by atoms with Gasteiger partial charge in [-0.15, -0.1) is 0 Å². The Balaban J connectivity index is 2.16. The highest BCUT2D eigenvalue weighted by molar-refractivity contribution is 5.01. The quantitative estimate of drug-likeness (QED) is 0.801. The molecule has 0 radical (unpaired) electrons. The van der Waals surface area contributed by atoms with Crippen LogP contribution in [0.4, 0.5) is 0 Å². The Bertz CT molecular complexity index is 253. The van der Waals surface area contributed by atoms with Crippen LogP contribution in [0.15, 0.2) is 0 Å². The number of hydrogen-bond acceptors (Lipinski definition) is 2. The molecule has 100 valence electrons. The minimum absolute atomic E-state index is 0.312. The van der Waals surface area contributed by atoms with Gasteiger partial charge in [0.05, 0.1) is 0 Å². The van der Waals surface area contributed by atoms with E-state index in [4.69, 9.17) is 5.73 Å². The van der Waals surface area contributed by atoms with E-state index in [1.807, 2.05) is 0 Å². The highest BCUT2D eigenvalue weighted by Gasteiger charge is 2.45. The number of nitrogens with zero attached hydrogens (tertiary/aromatic N) is 1. The van der Waals surface area contributed by atoms with Gasteiger partial charge >= 0.3 is 0 Å². The fourth-order valence-corrected chi connectivity index (χ4v) is 4.19. The molecule has 2 N–H and O–H groups in total. The molecule has 2 fully saturated rings. The first kappa shape index (κ1) is 13.4. The zero-order valence-corrected chi connectivity index (χ0v) is 11.9. The van der Waals surface area contributed by atoms with Gasteiger partial charge in [0.15, 0.2) is 0 Å². The lowest BCUT2D eigenvalue weighted by Gasteiger charge is -2.54. The molecule has 0 aromatic heterocycles. The van der Waals surface area contributed by atoms with Crippen molar-refractivity contribution in [3.05, 3.63) is 0 Å². The molecule has 0 bridgehead atoms. The van der Waals surface area contributed by atoms with Crippen molar-refractivity contribution in [3.63, 3.8) is 0 Å². The van der Waals surface area contributed by atoms with Crippen LogP contribution < -0.4 is 5.73 Å². The molecule has 0 aromatic carbocycles. The van der Waals surface area contributed by atoms with E-state index >= 15 is 0 Å². The van der Waals surface area contributed by atoms with Crippen molar-refractivity contribution >= 4 is 0 Å². The highest BCUT2D eigenvalue weighted by Crippen LogP contribution is 2.42. The number of likely N-dealkylation sites (tertiary alicyclic amines) is 1. The summed E-state index contributed by atoms with van der Waals surface area (Å²) in [6, 6.07) is 0. The van der Waals surface area contributed by atoms with E-state index in [0.29, 0.717) is 5.54 Å². The lowest BCUT2D eigenvalue weighted by atomic mass is 9.66. The van der Waals surface area contributed by atoms with Crippen LogP contribution in [0.3, 0.4) is 0 Å². The molecule has 2 nitrogen and oxygen atoms in total. The van der Waals surface area contributed by atoms with E-state index in [2.05, 4.69) is 25.7 Å². The molecule has 1 heterocycles. The molecule has 2 heteroatoms. The SMILES string of the molecule is CC1CCCN(C2(CN)CCCC(C)C2C)C1. The molecule has 2 aliphatic rings. The molecule has 1 aliphatic heterocycles. The van der Waals surface area contributed by atoms with E-state index in [-0.39, 0.29) is 0 Å². The van der Waals surface area contributed by atoms with Crippen molar-refractivity contribution < 1.29 is 0 Å². The molecule has 1 saturated heterocycles. The largest absolute Gasteiger partial charge is 0.329 e. The van der Waals surface area contributed by atoms with Crippen molar-refractivity contribution in [2.75, 3.05) is 19.6 Å². The van der Waals surface area contributed by atoms with E-state index in [1.165, 1.54) is 45.2 Å². The Labute approximate surface area is 107 Å². The lowest BCUT2D eigenvalue weighted by Crippen LogP contribution is -2.62. The fourth-order valence-electron chi connectivity index (χ4n) is 4.19. The number of hydrogen-bond donors (Lipinski definition) is 1. The molecule has 4 atom stereocenters. The number of nitrogens with two attached hydrogens (primary N) is 1. The summed E-state index contributed by atoms with van der Waals surface area (Å²) in [6.07, 6.45) is 6.85. The van der Waals surface area contributed by atoms with Crippen molar-refractivity contribution in [2.24, 2.45) is 23.5 Å². The normalized spacial score (nSPS) is 44.8. The minimum Gasteiger partial charge on any atom is -0.329 e. The smallest absolute Gasteiger partial charge is 0.0359 e. The molecule has 0 aromatic rings. The molecule has 2 rings (SSSR count). The summed E-state index contributed by atoms with van der Waals surface area (Å²) >= 11 is 0. The van der Waals surface area contributed by atoms with Gasteiger partial charge in [0.25, 0.3) is 0 Å². The second-order valence-corrected chi connectivity index (χ2v) is 6.66. The van der Waals surface area contributed by atoms with Gasteiger partial charge in [0, 0.05) is 18.6 Å². The summed E-state index contributed by atoms with van der Waals surface area (Å²) in [6.45, 7) is 10.7. The molecule has 0 amide bonds. The molecule has 4 unspecified atom stereocenters. The van der Waals surface area contributed by atoms with Gasteiger partial charge in [0.1, 0.15) is 0 Å². The van der Waals surface area contributed by atoms with E-state index < -0.39 is 0 Å². The molecule has 1 aliphatic carbocycles. The zero-order chi connectivity index (χ0) is 12.5. The van der Waals surface area contributed by atoms with Crippen LogP contribution in [0.2, 0.25) is 0 Å². The maximum Gasteiger partial charge on any atom is 0.0359 e. The molecular weight excluding hydrogens is 208 g/mol.